The molecule has 1 fully saturated rings. The van der Waals surface area contributed by atoms with Crippen LogP contribution in [0.5, 0.6) is 0 Å². The Labute approximate surface area is 212 Å². The van der Waals surface area contributed by atoms with Crippen molar-refractivity contribution in [3.63, 3.8) is 0 Å². The number of nitro groups is 1. The number of benzene rings is 3. The minimum Gasteiger partial charge on any atom is -0.339 e. The van der Waals surface area contributed by atoms with Crippen LogP contribution in [0, 0.1) is 28.7 Å². The van der Waals surface area contributed by atoms with E-state index in [0.29, 0.717) is 24.3 Å². The molecule has 1 aliphatic heterocycles. The van der Waals surface area contributed by atoms with Crippen molar-refractivity contribution in [2.45, 2.75) is 25.7 Å². The van der Waals surface area contributed by atoms with E-state index in [4.69, 9.17) is 0 Å². The summed E-state index contributed by atoms with van der Waals surface area (Å²) < 4.78 is 27.3. The Hall–Kier alpha value is -4.40. The minimum absolute atomic E-state index is 0.0154. The maximum Gasteiger partial charge on any atom is 0.276 e. The van der Waals surface area contributed by atoms with E-state index in [2.05, 4.69) is 5.32 Å². The number of hydrogen-bond acceptors (Lipinski definition) is 4. The molecule has 4 rings (SSSR count). The van der Waals surface area contributed by atoms with Crippen LogP contribution in [0.2, 0.25) is 0 Å². The van der Waals surface area contributed by atoms with E-state index < -0.39 is 22.5 Å². The Morgan fingerprint density at radius 2 is 1.70 bits per heavy atom. The van der Waals surface area contributed by atoms with Crippen molar-refractivity contribution in [2.24, 2.45) is 0 Å². The van der Waals surface area contributed by atoms with Gasteiger partial charge in [0.25, 0.3) is 11.6 Å². The molecule has 2 amide bonds. The zero-order valence-electron chi connectivity index (χ0n) is 20.1. The summed E-state index contributed by atoms with van der Waals surface area (Å²) in [5.74, 6) is -2.46. The number of likely N-dealkylation sites (tertiary alicyclic amines) is 1. The van der Waals surface area contributed by atoms with Crippen molar-refractivity contribution in [3.8, 4) is 0 Å². The van der Waals surface area contributed by atoms with Crippen LogP contribution in [0.1, 0.15) is 45.8 Å². The van der Waals surface area contributed by atoms with Crippen LogP contribution in [0.15, 0.2) is 66.7 Å². The third-order valence-corrected chi connectivity index (χ3v) is 6.55. The average molecular weight is 506 g/mol. The van der Waals surface area contributed by atoms with Crippen LogP contribution in [0.25, 0.3) is 6.08 Å². The number of carbonyl (C=O) groups excluding carboxylic acids is 2. The number of halogens is 2. The highest BCUT2D eigenvalue weighted by Crippen LogP contribution is 2.30. The molecule has 0 aromatic heterocycles. The monoisotopic (exact) mass is 505 g/mol. The van der Waals surface area contributed by atoms with Crippen molar-refractivity contribution < 1.29 is 23.3 Å². The number of rotatable bonds is 6. The molecule has 0 radical (unpaired) electrons. The standard InChI is InChI=1S/C28H25F2N3O4/c1-18-23(11-12-24(29)27(18)30)28(35)32-16-14-20(15-17-32)19-6-9-22(10-7-19)31-26(34)13-8-21-4-2-3-5-25(21)33(36)37/h2-13,20H,14-17H2,1H3,(H,31,34)/b13-8+. The summed E-state index contributed by atoms with van der Waals surface area (Å²) in [7, 11) is 0. The zero-order chi connectivity index (χ0) is 26.5. The topological polar surface area (TPSA) is 92.6 Å². The van der Waals surface area contributed by atoms with Gasteiger partial charge in [0.15, 0.2) is 11.6 Å². The van der Waals surface area contributed by atoms with E-state index in [0.717, 1.165) is 24.5 Å². The summed E-state index contributed by atoms with van der Waals surface area (Å²) in [6, 6.07) is 15.9. The highest BCUT2D eigenvalue weighted by atomic mass is 19.2. The summed E-state index contributed by atoms with van der Waals surface area (Å²) in [6.45, 7) is 2.40. The minimum atomic E-state index is -0.996. The molecule has 0 atom stereocenters. The first-order valence-corrected chi connectivity index (χ1v) is 11.8. The molecule has 1 N–H and O–H groups in total. The molecule has 37 heavy (non-hydrogen) atoms. The Bertz CT molecular complexity index is 1360. The molecule has 3 aromatic carbocycles. The number of para-hydroxylation sites is 1. The highest BCUT2D eigenvalue weighted by molar-refractivity contribution is 6.02. The summed E-state index contributed by atoms with van der Waals surface area (Å²) in [5, 5.41) is 13.8. The summed E-state index contributed by atoms with van der Waals surface area (Å²) >= 11 is 0. The molecule has 0 spiro atoms. The van der Waals surface area contributed by atoms with Crippen LogP contribution < -0.4 is 5.32 Å². The van der Waals surface area contributed by atoms with Gasteiger partial charge in [-0.2, -0.15) is 0 Å². The zero-order valence-corrected chi connectivity index (χ0v) is 20.1. The number of piperidine rings is 1. The summed E-state index contributed by atoms with van der Waals surface area (Å²) in [6.07, 6.45) is 4.09. The predicted molar refractivity (Wildman–Crippen MR) is 136 cm³/mol. The van der Waals surface area contributed by atoms with Crippen molar-refractivity contribution in [2.75, 3.05) is 18.4 Å². The predicted octanol–water partition coefficient (Wildman–Crippen LogP) is 5.85. The van der Waals surface area contributed by atoms with Gasteiger partial charge in [0.05, 0.1) is 10.5 Å². The molecule has 0 saturated carbocycles. The SMILES string of the molecule is Cc1c(C(=O)N2CCC(c3ccc(NC(=O)/C=C/c4ccccc4[N+](=O)[O-])cc3)CC2)ccc(F)c1F. The lowest BCUT2D eigenvalue weighted by molar-refractivity contribution is -0.385. The van der Waals surface area contributed by atoms with Gasteiger partial charge in [-0.1, -0.05) is 24.3 Å². The summed E-state index contributed by atoms with van der Waals surface area (Å²) in [4.78, 5) is 37.4. The van der Waals surface area contributed by atoms with Crippen LogP contribution >= 0.6 is 0 Å². The molecule has 1 aliphatic rings. The Morgan fingerprint density at radius 1 is 1.03 bits per heavy atom. The molecular weight excluding hydrogens is 480 g/mol. The van der Waals surface area contributed by atoms with Gasteiger partial charge in [0.2, 0.25) is 5.91 Å². The quantitative estimate of drug-likeness (QED) is 0.258. The van der Waals surface area contributed by atoms with E-state index in [9.17, 15) is 28.5 Å². The molecule has 190 valence electrons. The first kappa shape index (κ1) is 25.7. The largest absolute Gasteiger partial charge is 0.339 e. The fraction of sp³-hybridized carbons (Fsp3) is 0.214. The normalized spacial score (nSPS) is 14.1. The van der Waals surface area contributed by atoms with Gasteiger partial charge in [-0.3, -0.25) is 19.7 Å². The van der Waals surface area contributed by atoms with E-state index >= 15 is 0 Å². The van der Waals surface area contributed by atoms with Crippen LogP contribution in [0.4, 0.5) is 20.2 Å². The Kier molecular flexibility index (Phi) is 7.71. The van der Waals surface area contributed by atoms with Gasteiger partial charge in [-0.25, -0.2) is 8.78 Å². The lowest BCUT2D eigenvalue weighted by Gasteiger charge is -2.32. The van der Waals surface area contributed by atoms with Crippen LogP contribution in [-0.2, 0) is 4.79 Å². The van der Waals surface area contributed by atoms with E-state index in [1.165, 1.54) is 31.2 Å². The molecule has 7 nitrogen and oxygen atoms in total. The smallest absolute Gasteiger partial charge is 0.276 e. The van der Waals surface area contributed by atoms with Crippen LogP contribution in [-0.4, -0.2) is 34.7 Å². The first-order chi connectivity index (χ1) is 17.7. The highest BCUT2D eigenvalue weighted by Gasteiger charge is 2.26. The fourth-order valence-electron chi connectivity index (χ4n) is 4.45. The number of carbonyl (C=O) groups is 2. The number of hydrogen-bond donors (Lipinski definition) is 1. The number of nitro benzene ring substituents is 1. The maximum atomic E-state index is 13.9. The second kappa shape index (κ2) is 11.1. The molecule has 0 unspecified atom stereocenters. The van der Waals surface area contributed by atoms with Gasteiger partial charge in [-0.05, 0) is 67.7 Å². The lowest BCUT2D eigenvalue weighted by atomic mass is 9.89. The molecule has 0 aliphatic carbocycles. The van der Waals surface area contributed by atoms with Crippen molar-refractivity contribution in [1.82, 2.24) is 4.90 Å². The van der Waals surface area contributed by atoms with Gasteiger partial charge >= 0.3 is 0 Å². The number of amides is 2. The molecule has 3 aromatic rings. The molecule has 1 saturated heterocycles. The van der Waals surface area contributed by atoms with E-state index in [1.807, 2.05) is 12.1 Å². The molecule has 0 bridgehead atoms. The maximum absolute atomic E-state index is 13.9. The molecule has 1 heterocycles. The third-order valence-electron chi connectivity index (χ3n) is 6.55. The van der Waals surface area contributed by atoms with E-state index in [-0.39, 0.29) is 28.6 Å². The second-order valence-corrected chi connectivity index (χ2v) is 8.86. The molecule has 9 heteroatoms. The van der Waals surface area contributed by atoms with Gasteiger partial charge in [-0.15, -0.1) is 0 Å². The van der Waals surface area contributed by atoms with Gasteiger partial charge < -0.3 is 10.2 Å². The van der Waals surface area contributed by atoms with Crippen molar-refractivity contribution in [3.05, 3.63) is 111 Å². The number of anilines is 1. The van der Waals surface area contributed by atoms with Crippen LogP contribution in [0.3, 0.4) is 0 Å². The summed E-state index contributed by atoms with van der Waals surface area (Å²) in [5.41, 5.74) is 2.10. The fourth-order valence-corrected chi connectivity index (χ4v) is 4.45. The second-order valence-electron chi connectivity index (χ2n) is 8.86. The van der Waals surface area contributed by atoms with Gasteiger partial charge in [0, 0.05) is 42.0 Å². The number of nitrogens with one attached hydrogen (secondary N) is 1. The lowest BCUT2D eigenvalue weighted by Crippen LogP contribution is -2.38. The Balaban J connectivity index is 1.33. The average Bonchev–Trinajstić information content (AvgIpc) is 2.91. The van der Waals surface area contributed by atoms with Gasteiger partial charge in [0.1, 0.15) is 0 Å². The number of nitrogens with zero attached hydrogens (tertiary/aromatic N) is 2. The van der Waals surface area contributed by atoms with Crippen molar-refractivity contribution in [1.29, 1.82) is 0 Å². The molecular formula is C28H25F2N3O4. The third kappa shape index (κ3) is 5.88. The Morgan fingerprint density at radius 3 is 2.38 bits per heavy atom. The first-order valence-electron chi connectivity index (χ1n) is 11.8. The van der Waals surface area contributed by atoms with E-state index in [1.54, 1.807) is 35.2 Å². The van der Waals surface area contributed by atoms with Crippen molar-refractivity contribution >= 4 is 29.3 Å².